The van der Waals surface area contributed by atoms with Crippen molar-refractivity contribution in [1.82, 2.24) is 9.97 Å². The van der Waals surface area contributed by atoms with E-state index in [1.54, 1.807) is 34.4 Å². The van der Waals surface area contributed by atoms with Crippen molar-refractivity contribution in [2.24, 2.45) is 0 Å². The standard InChI is InChI=1S/C19H16AsBrN2OS/c20-19-23-16(11-25-19)14-5-1-7-17-15(14)10-12(4-2-8-21)13-6-3-9-22-18(13)24-17/h1,3-7,9,11H,2,8,10,20H2/b12-4+. The maximum atomic E-state index is 6.20. The molecule has 1 aliphatic heterocycles. The number of alkyl halides is 1. The van der Waals surface area contributed by atoms with Gasteiger partial charge in [-0.15, -0.1) is 0 Å². The van der Waals surface area contributed by atoms with E-state index in [1.807, 2.05) is 18.2 Å². The number of ether oxygens (including phenoxy) is 1. The summed E-state index contributed by atoms with van der Waals surface area (Å²) >= 11 is 6.78. The van der Waals surface area contributed by atoms with Crippen molar-refractivity contribution in [3.05, 3.63) is 59.1 Å². The summed E-state index contributed by atoms with van der Waals surface area (Å²) in [5.41, 5.74) is 5.69. The number of hydrogen-bond acceptors (Lipinski definition) is 4. The van der Waals surface area contributed by atoms with Crippen molar-refractivity contribution in [2.75, 3.05) is 5.33 Å². The van der Waals surface area contributed by atoms with E-state index in [2.05, 4.69) is 44.5 Å². The molecule has 3 nitrogen and oxygen atoms in total. The van der Waals surface area contributed by atoms with Gasteiger partial charge in [0.15, 0.2) is 0 Å². The van der Waals surface area contributed by atoms with Crippen molar-refractivity contribution in [2.45, 2.75) is 12.8 Å². The van der Waals surface area contributed by atoms with Crippen molar-refractivity contribution < 1.29 is 4.74 Å². The molecule has 2 aromatic heterocycles. The Kier molecular flexibility index (Phi) is 5.07. The Balaban J connectivity index is 1.88. The SMILES string of the molecule is [AsH2]c1nc(-c2cccc3c2C/C(=C\CCBr)c2cccnc2O3)cs1. The van der Waals surface area contributed by atoms with Gasteiger partial charge in [-0.3, -0.25) is 0 Å². The van der Waals surface area contributed by atoms with Crippen LogP contribution < -0.4 is 8.53 Å². The second-order valence-corrected chi connectivity index (χ2v) is 9.40. The number of allylic oxidation sites excluding steroid dienone is 2. The molecule has 0 saturated heterocycles. The Morgan fingerprint density at radius 3 is 2.92 bits per heavy atom. The van der Waals surface area contributed by atoms with Crippen LogP contribution in [-0.2, 0) is 6.42 Å². The predicted molar refractivity (Wildman–Crippen MR) is 110 cm³/mol. The van der Waals surface area contributed by atoms with Crippen LogP contribution in [0.3, 0.4) is 0 Å². The average Bonchev–Trinajstić information content (AvgIpc) is 2.98. The molecule has 0 saturated carbocycles. The van der Waals surface area contributed by atoms with Crippen molar-refractivity contribution in [1.29, 1.82) is 0 Å². The van der Waals surface area contributed by atoms with Gasteiger partial charge in [-0.2, -0.15) is 0 Å². The Bertz CT molecular complexity index is 954. The van der Waals surface area contributed by atoms with Crippen molar-refractivity contribution >= 4 is 53.5 Å². The van der Waals surface area contributed by atoms with Crippen molar-refractivity contribution in [3.63, 3.8) is 0 Å². The zero-order chi connectivity index (χ0) is 17.2. The van der Waals surface area contributed by atoms with E-state index in [4.69, 9.17) is 9.72 Å². The molecule has 0 N–H and O–H groups in total. The molecule has 25 heavy (non-hydrogen) atoms. The summed E-state index contributed by atoms with van der Waals surface area (Å²) in [5.74, 6) is 1.55. The molecular weight excluding hydrogens is 459 g/mol. The summed E-state index contributed by atoms with van der Waals surface area (Å²) in [6.45, 7) is 0. The predicted octanol–water partition coefficient (Wildman–Crippen LogP) is 3.98. The molecule has 1 aromatic carbocycles. The molecule has 3 heterocycles. The quantitative estimate of drug-likeness (QED) is 0.425. The van der Waals surface area contributed by atoms with E-state index in [1.165, 1.54) is 11.1 Å². The topological polar surface area (TPSA) is 35.0 Å². The third-order valence-electron chi connectivity index (χ3n) is 4.12. The molecule has 3 aromatic rings. The summed E-state index contributed by atoms with van der Waals surface area (Å²) in [6, 6.07) is 10.2. The minimum atomic E-state index is 0.678. The van der Waals surface area contributed by atoms with E-state index in [9.17, 15) is 0 Å². The molecule has 4 rings (SSSR count). The molecule has 0 fully saturated rings. The molecule has 6 heteroatoms. The third-order valence-corrected chi connectivity index (χ3v) is 6.38. The molecule has 1 atom stereocenters. The molecule has 1 unspecified atom stereocenters. The molecule has 0 radical (unpaired) electrons. The number of halogens is 1. The molecular formula is C19H16AsBrN2OS. The third kappa shape index (κ3) is 3.46. The second kappa shape index (κ2) is 7.44. The minimum absolute atomic E-state index is 0.678. The monoisotopic (exact) mass is 474 g/mol. The van der Waals surface area contributed by atoms with E-state index in [-0.39, 0.29) is 0 Å². The van der Waals surface area contributed by atoms with Crippen LogP contribution >= 0.6 is 27.3 Å². The zero-order valence-electron chi connectivity index (χ0n) is 13.4. The van der Waals surface area contributed by atoms with Gasteiger partial charge in [0.2, 0.25) is 0 Å². The van der Waals surface area contributed by atoms with Crippen molar-refractivity contribution in [3.8, 4) is 22.9 Å². The second-order valence-electron chi connectivity index (χ2n) is 5.70. The van der Waals surface area contributed by atoms with Gasteiger partial charge in [0.1, 0.15) is 0 Å². The van der Waals surface area contributed by atoms with Gasteiger partial charge < -0.3 is 0 Å². The normalized spacial score (nSPS) is 14.6. The molecule has 0 spiro atoms. The van der Waals surface area contributed by atoms with Gasteiger partial charge >= 0.3 is 168 Å². The number of hydrogen-bond donors (Lipinski definition) is 0. The first-order valence-corrected chi connectivity index (χ1v) is 11.2. The van der Waals surface area contributed by atoms with Crippen LogP contribution in [0.4, 0.5) is 0 Å². The summed E-state index contributed by atoms with van der Waals surface area (Å²) < 4.78 is 7.33. The molecule has 1 aliphatic rings. The Hall–Kier alpha value is -1.42. The number of aromatic nitrogens is 2. The fourth-order valence-corrected chi connectivity index (χ4v) is 4.52. The zero-order valence-corrected chi connectivity index (χ0v) is 18.2. The molecule has 0 aliphatic carbocycles. The van der Waals surface area contributed by atoms with Gasteiger partial charge in [0.05, 0.1) is 0 Å². The van der Waals surface area contributed by atoms with Crippen LogP contribution in [0, 0.1) is 0 Å². The first-order valence-electron chi connectivity index (χ1n) is 7.98. The van der Waals surface area contributed by atoms with Gasteiger partial charge in [-0.1, -0.05) is 0 Å². The van der Waals surface area contributed by atoms with Gasteiger partial charge in [0.25, 0.3) is 0 Å². The summed E-state index contributed by atoms with van der Waals surface area (Å²) in [4.78, 5) is 9.16. The van der Waals surface area contributed by atoms with Gasteiger partial charge in [-0.25, -0.2) is 0 Å². The van der Waals surface area contributed by atoms with Gasteiger partial charge in [0, 0.05) is 0 Å². The van der Waals surface area contributed by atoms with E-state index in [0.29, 0.717) is 5.88 Å². The molecule has 0 bridgehead atoms. The fourth-order valence-electron chi connectivity index (χ4n) is 3.01. The van der Waals surface area contributed by atoms with Crippen LogP contribution in [0.25, 0.3) is 16.8 Å². The summed E-state index contributed by atoms with van der Waals surface area (Å²) in [7, 11) is 0. The number of thiazole rings is 1. The van der Waals surface area contributed by atoms with Crippen LogP contribution in [-0.4, -0.2) is 32.2 Å². The van der Waals surface area contributed by atoms with E-state index >= 15 is 0 Å². The number of rotatable bonds is 3. The van der Waals surface area contributed by atoms with Gasteiger partial charge in [-0.05, 0) is 0 Å². The fraction of sp³-hybridized carbons (Fsp3) is 0.158. The summed E-state index contributed by atoms with van der Waals surface area (Å²) in [5, 5.41) is 3.07. The number of nitrogens with zero attached hydrogens (tertiary/aromatic N) is 2. The summed E-state index contributed by atoms with van der Waals surface area (Å²) in [6.07, 6.45) is 5.85. The average molecular weight is 475 g/mol. The number of fused-ring (bicyclic) bond motifs is 2. The Morgan fingerprint density at radius 1 is 1.24 bits per heavy atom. The van der Waals surface area contributed by atoms with Crippen LogP contribution in [0.5, 0.6) is 11.6 Å². The number of pyridine rings is 1. The van der Waals surface area contributed by atoms with Crippen LogP contribution in [0.15, 0.2) is 48.0 Å². The van der Waals surface area contributed by atoms with E-state index in [0.717, 1.165) is 44.5 Å². The maximum absolute atomic E-state index is 6.20. The van der Waals surface area contributed by atoms with E-state index < -0.39 is 0 Å². The first-order chi connectivity index (χ1) is 12.3. The van der Waals surface area contributed by atoms with Crippen LogP contribution in [0.1, 0.15) is 17.5 Å². The molecule has 0 amide bonds. The Labute approximate surface area is 167 Å². The van der Waals surface area contributed by atoms with Crippen LogP contribution in [0.2, 0.25) is 0 Å². The molecule has 126 valence electrons. The Morgan fingerprint density at radius 2 is 2.12 bits per heavy atom. The number of benzene rings is 1. The first kappa shape index (κ1) is 17.0.